The molecule has 2 atom stereocenters. The number of fused-ring (bicyclic) bond motifs is 3. The molecule has 6 heteroatoms. The molecule has 0 aliphatic heterocycles. The van der Waals surface area contributed by atoms with E-state index in [4.69, 9.17) is 15.0 Å². The minimum Gasteiger partial charge on any atom is -0.237 e. The molecule has 3 heterocycles. The maximum absolute atomic E-state index is 5.24. The van der Waals surface area contributed by atoms with Gasteiger partial charge in [0.15, 0.2) is 23.3 Å². The van der Waals surface area contributed by atoms with Crippen LogP contribution in [0.2, 0.25) is 0 Å². The largest absolute Gasteiger partial charge is 0.237 e. The van der Waals surface area contributed by atoms with E-state index in [0.717, 1.165) is 28.1 Å². The topological polar surface area (TPSA) is 64.5 Å². The number of benzene rings is 6. The fourth-order valence-corrected chi connectivity index (χ4v) is 9.42. The molecule has 3 aliphatic rings. The van der Waals surface area contributed by atoms with Crippen molar-refractivity contribution in [2.24, 2.45) is 0 Å². The van der Waals surface area contributed by atoms with Gasteiger partial charge in [-0.1, -0.05) is 109 Å². The summed E-state index contributed by atoms with van der Waals surface area (Å²) < 4.78 is 2.44. The molecule has 3 aliphatic carbocycles. The smallest absolute Gasteiger partial charge is 0.165 e. The average molecular weight is 670 g/mol. The standard InChI is InChI=1S/C45H27N5S/c1-2-10-26(11-3-1)43-48-44(50-45(49-43)35-16-8-15-34-29-12-6-7-17-38(29)51-41(34)35)28-19-21-33-37(25-28)40-31-14-5-4-13-30(31)39(33)36-24-27(18-20-32(36)40)42-46-22-9-23-47-42/h1-25,39-40H. The van der Waals surface area contributed by atoms with E-state index >= 15 is 0 Å². The van der Waals surface area contributed by atoms with Crippen LogP contribution in [0.4, 0.5) is 0 Å². The minimum absolute atomic E-state index is 0.101. The summed E-state index contributed by atoms with van der Waals surface area (Å²) in [7, 11) is 0. The van der Waals surface area contributed by atoms with Crippen LogP contribution in [0.25, 0.3) is 65.7 Å². The van der Waals surface area contributed by atoms with Crippen LogP contribution in [0.3, 0.4) is 0 Å². The third-order valence-corrected chi connectivity index (χ3v) is 11.7. The van der Waals surface area contributed by atoms with Gasteiger partial charge in [0.05, 0.1) is 0 Å². The predicted octanol–water partition coefficient (Wildman–Crippen LogP) is 10.7. The van der Waals surface area contributed by atoms with E-state index in [9.17, 15) is 0 Å². The van der Waals surface area contributed by atoms with E-state index < -0.39 is 0 Å². The monoisotopic (exact) mass is 669 g/mol. The molecule has 9 aromatic rings. The van der Waals surface area contributed by atoms with Crippen molar-refractivity contribution in [1.29, 1.82) is 0 Å². The van der Waals surface area contributed by atoms with E-state index in [1.54, 1.807) is 23.7 Å². The molecular formula is C45H27N5S. The summed E-state index contributed by atoms with van der Waals surface area (Å²) in [5.74, 6) is 2.99. The van der Waals surface area contributed by atoms with Crippen molar-refractivity contribution in [3.05, 3.63) is 185 Å². The SMILES string of the molecule is c1ccc(-c2nc(-c3ccc4c(c3)C3c5ccccc5C4c4cc(-c5ncccn5)ccc43)nc(-c3cccc4c3sc3ccccc34)n2)cc1. The number of thiophene rings is 1. The summed E-state index contributed by atoms with van der Waals surface area (Å²) in [5, 5.41) is 2.48. The van der Waals surface area contributed by atoms with Crippen LogP contribution in [0, 0.1) is 0 Å². The fourth-order valence-electron chi connectivity index (χ4n) is 8.21. The second kappa shape index (κ2) is 11.1. The van der Waals surface area contributed by atoms with Gasteiger partial charge in [-0.25, -0.2) is 24.9 Å². The number of aromatic nitrogens is 5. The minimum atomic E-state index is 0.101. The zero-order valence-corrected chi connectivity index (χ0v) is 28.0. The molecule has 0 radical (unpaired) electrons. The van der Waals surface area contributed by atoms with Crippen LogP contribution >= 0.6 is 11.3 Å². The molecule has 2 bridgehead atoms. The molecule has 12 rings (SSSR count). The maximum atomic E-state index is 5.24. The molecular weight excluding hydrogens is 643 g/mol. The Morgan fingerprint density at radius 1 is 0.392 bits per heavy atom. The summed E-state index contributed by atoms with van der Waals surface area (Å²) in [6.45, 7) is 0. The van der Waals surface area contributed by atoms with Crippen molar-refractivity contribution < 1.29 is 0 Å². The lowest BCUT2D eigenvalue weighted by atomic mass is 9.61. The van der Waals surface area contributed by atoms with Gasteiger partial charge in [-0.15, -0.1) is 11.3 Å². The van der Waals surface area contributed by atoms with E-state index in [1.165, 1.54) is 53.6 Å². The number of rotatable bonds is 4. The van der Waals surface area contributed by atoms with E-state index in [-0.39, 0.29) is 11.8 Å². The van der Waals surface area contributed by atoms with Crippen LogP contribution in [0.1, 0.15) is 45.2 Å². The van der Waals surface area contributed by atoms with E-state index in [0.29, 0.717) is 17.5 Å². The lowest BCUT2D eigenvalue weighted by Gasteiger charge is -2.42. The van der Waals surface area contributed by atoms with Crippen molar-refractivity contribution in [1.82, 2.24) is 24.9 Å². The summed E-state index contributed by atoms with van der Waals surface area (Å²) in [5.41, 5.74) is 12.0. The Hall–Kier alpha value is -6.37. The van der Waals surface area contributed by atoms with Gasteiger partial charge < -0.3 is 0 Å². The van der Waals surface area contributed by atoms with Crippen molar-refractivity contribution in [2.45, 2.75) is 11.8 Å². The first-order valence-corrected chi connectivity index (χ1v) is 18.0. The quantitative estimate of drug-likeness (QED) is 0.187. The van der Waals surface area contributed by atoms with Crippen molar-refractivity contribution >= 4 is 31.5 Å². The average Bonchev–Trinajstić information content (AvgIpc) is 3.60. The molecule has 51 heavy (non-hydrogen) atoms. The summed E-state index contributed by atoms with van der Waals surface area (Å²) in [4.78, 5) is 24.6. The molecule has 0 amide bonds. The Kier molecular flexibility index (Phi) is 6.18. The van der Waals surface area contributed by atoms with Gasteiger partial charge in [-0.2, -0.15) is 0 Å². The lowest BCUT2D eigenvalue weighted by molar-refractivity contribution is 0.754. The Labute approximate surface area is 298 Å². The third-order valence-electron chi connectivity index (χ3n) is 10.4. The molecule has 0 fully saturated rings. The Balaban J connectivity index is 1.09. The molecule has 0 saturated heterocycles. The lowest BCUT2D eigenvalue weighted by Crippen LogP contribution is -2.27. The molecule has 0 saturated carbocycles. The first kappa shape index (κ1) is 28.5. The third kappa shape index (κ3) is 4.36. The first-order chi connectivity index (χ1) is 25.3. The van der Waals surface area contributed by atoms with Crippen LogP contribution in [-0.4, -0.2) is 24.9 Å². The van der Waals surface area contributed by atoms with Gasteiger partial charge in [0, 0.05) is 66.7 Å². The van der Waals surface area contributed by atoms with Crippen molar-refractivity contribution in [3.63, 3.8) is 0 Å². The van der Waals surface area contributed by atoms with E-state index in [2.05, 4.69) is 125 Å². The van der Waals surface area contributed by atoms with Gasteiger partial charge >= 0.3 is 0 Å². The summed E-state index contributed by atoms with van der Waals surface area (Å²) in [6.07, 6.45) is 3.61. The molecule has 238 valence electrons. The number of hydrogen-bond donors (Lipinski definition) is 0. The van der Waals surface area contributed by atoms with E-state index in [1.807, 2.05) is 24.3 Å². The Bertz CT molecular complexity index is 2830. The highest BCUT2D eigenvalue weighted by Crippen LogP contribution is 2.56. The van der Waals surface area contributed by atoms with Gasteiger partial charge in [-0.3, -0.25) is 0 Å². The highest BCUT2D eigenvalue weighted by atomic mass is 32.1. The van der Waals surface area contributed by atoms with Crippen molar-refractivity contribution in [2.75, 3.05) is 0 Å². The van der Waals surface area contributed by atoms with Crippen molar-refractivity contribution in [3.8, 4) is 45.6 Å². The summed E-state index contributed by atoms with van der Waals surface area (Å²) in [6, 6.07) is 49.6. The highest BCUT2D eigenvalue weighted by molar-refractivity contribution is 7.26. The van der Waals surface area contributed by atoms with Crippen LogP contribution < -0.4 is 0 Å². The second-order valence-corrected chi connectivity index (χ2v) is 14.3. The molecule has 0 N–H and O–H groups in total. The van der Waals surface area contributed by atoms with Crippen LogP contribution in [0.5, 0.6) is 0 Å². The molecule has 6 aromatic carbocycles. The first-order valence-electron chi connectivity index (χ1n) is 17.1. The zero-order chi connectivity index (χ0) is 33.5. The fraction of sp³-hybridized carbons (Fsp3) is 0.0444. The van der Waals surface area contributed by atoms with Gasteiger partial charge in [-0.05, 0) is 63.7 Å². The number of hydrogen-bond acceptors (Lipinski definition) is 6. The van der Waals surface area contributed by atoms with Crippen LogP contribution in [0.15, 0.2) is 152 Å². The van der Waals surface area contributed by atoms with Crippen LogP contribution in [-0.2, 0) is 0 Å². The molecule has 5 nitrogen and oxygen atoms in total. The predicted molar refractivity (Wildman–Crippen MR) is 205 cm³/mol. The molecule has 3 aromatic heterocycles. The second-order valence-electron chi connectivity index (χ2n) is 13.2. The Morgan fingerprint density at radius 3 is 1.69 bits per heavy atom. The normalized spacial score (nSPS) is 15.5. The van der Waals surface area contributed by atoms with Gasteiger partial charge in [0.1, 0.15) is 0 Å². The summed E-state index contributed by atoms with van der Waals surface area (Å²) >= 11 is 1.79. The maximum Gasteiger partial charge on any atom is 0.165 e. The Morgan fingerprint density at radius 2 is 0.961 bits per heavy atom. The number of nitrogens with zero attached hydrogens (tertiary/aromatic N) is 5. The van der Waals surface area contributed by atoms with Gasteiger partial charge in [0.25, 0.3) is 0 Å². The molecule has 0 spiro atoms. The van der Waals surface area contributed by atoms with Gasteiger partial charge in [0.2, 0.25) is 0 Å². The molecule has 2 unspecified atom stereocenters. The highest BCUT2D eigenvalue weighted by Gasteiger charge is 2.41. The zero-order valence-electron chi connectivity index (χ0n) is 27.2.